The third kappa shape index (κ3) is 2.75. The second-order valence-electron chi connectivity index (χ2n) is 6.40. The van der Waals surface area contributed by atoms with Gasteiger partial charge in [0, 0.05) is 18.2 Å². The van der Waals surface area contributed by atoms with E-state index in [0.29, 0.717) is 17.0 Å². The fourth-order valence-corrected chi connectivity index (χ4v) is 3.48. The van der Waals surface area contributed by atoms with Crippen LogP contribution in [-0.4, -0.2) is 16.6 Å². The number of carbonyl (C=O) groups excluding carboxylic acids is 2. The van der Waals surface area contributed by atoms with Gasteiger partial charge in [0.05, 0.1) is 11.4 Å². The lowest BCUT2D eigenvalue weighted by Crippen LogP contribution is -2.15. The highest BCUT2D eigenvalue weighted by Gasteiger charge is 2.39. The average molecular weight is 320 g/mol. The number of benzene rings is 1. The summed E-state index contributed by atoms with van der Waals surface area (Å²) in [5.41, 5.74) is 11.3. The zero-order valence-electron chi connectivity index (χ0n) is 14.1. The van der Waals surface area contributed by atoms with Crippen molar-refractivity contribution in [2.45, 2.75) is 33.1 Å². The second kappa shape index (κ2) is 6.04. The van der Waals surface area contributed by atoms with Gasteiger partial charge >= 0.3 is 0 Å². The number of Topliss-reactive ketones (excluding diaryl/α,β-unsaturated/α-hetero) is 2. The molecule has 4 nitrogen and oxygen atoms in total. The van der Waals surface area contributed by atoms with Crippen molar-refractivity contribution in [1.82, 2.24) is 4.98 Å². The molecule has 0 radical (unpaired) electrons. The van der Waals surface area contributed by atoms with Crippen molar-refractivity contribution in [2.24, 2.45) is 0 Å². The molecule has 1 fully saturated rings. The number of ketones is 2. The van der Waals surface area contributed by atoms with Gasteiger partial charge in [-0.1, -0.05) is 17.7 Å². The number of hydrogen-bond donors (Lipinski definition) is 1. The van der Waals surface area contributed by atoms with Gasteiger partial charge < -0.3 is 5.73 Å². The van der Waals surface area contributed by atoms with Gasteiger partial charge in [0.15, 0.2) is 11.6 Å². The summed E-state index contributed by atoms with van der Waals surface area (Å²) in [5, 5.41) is 0. The summed E-state index contributed by atoms with van der Waals surface area (Å²) >= 11 is 0. The number of aryl methyl sites for hydroxylation is 3. The molecule has 1 aliphatic rings. The van der Waals surface area contributed by atoms with Crippen LogP contribution >= 0.6 is 0 Å². The molecular weight excluding hydrogens is 300 g/mol. The number of nitrogens with zero attached hydrogens (tertiary/aromatic N) is 1. The Morgan fingerprint density at radius 3 is 2.46 bits per heavy atom. The van der Waals surface area contributed by atoms with E-state index in [1.54, 1.807) is 24.4 Å². The minimum Gasteiger partial charge on any atom is -0.397 e. The first kappa shape index (κ1) is 16.1. The van der Waals surface area contributed by atoms with E-state index in [0.717, 1.165) is 22.3 Å². The molecule has 4 heteroatoms. The molecule has 2 N–H and O–H groups in total. The van der Waals surface area contributed by atoms with Crippen LogP contribution in [0.15, 0.2) is 36.0 Å². The van der Waals surface area contributed by atoms with Gasteiger partial charge in [-0.2, -0.15) is 0 Å². The Hall–Kier alpha value is -2.75. The normalized spacial score (nSPS) is 19.3. The molecular formula is C20H20N2O2. The SMILES string of the molecule is Cc1cc(C)c(C2C(=O)CC(=Cc3ncccc3N)C2=O)c(C)c1. The molecule has 1 unspecified atom stereocenters. The van der Waals surface area contributed by atoms with Gasteiger partial charge in [-0.3, -0.25) is 14.6 Å². The summed E-state index contributed by atoms with van der Waals surface area (Å²) in [6.07, 6.45) is 3.40. The summed E-state index contributed by atoms with van der Waals surface area (Å²) in [5.74, 6) is -0.905. The second-order valence-corrected chi connectivity index (χ2v) is 6.40. The molecule has 0 aliphatic heterocycles. The van der Waals surface area contributed by atoms with Gasteiger partial charge in [-0.05, 0) is 55.7 Å². The molecule has 1 heterocycles. The van der Waals surface area contributed by atoms with Gasteiger partial charge in [0.25, 0.3) is 0 Å². The van der Waals surface area contributed by atoms with Gasteiger partial charge in [-0.15, -0.1) is 0 Å². The number of carbonyl (C=O) groups is 2. The van der Waals surface area contributed by atoms with Crippen LogP contribution in [0.4, 0.5) is 5.69 Å². The molecule has 0 bridgehead atoms. The van der Waals surface area contributed by atoms with Gasteiger partial charge in [-0.25, -0.2) is 0 Å². The van der Waals surface area contributed by atoms with Crippen LogP contribution in [0.1, 0.15) is 40.3 Å². The van der Waals surface area contributed by atoms with Gasteiger partial charge in [0.1, 0.15) is 5.92 Å². The van der Waals surface area contributed by atoms with E-state index in [2.05, 4.69) is 4.98 Å². The predicted molar refractivity (Wildman–Crippen MR) is 94.7 cm³/mol. The van der Waals surface area contributed by atoms with Crippen molar-refractivity contribution < 1.29 is 9.59 Å². The minimum absolute atomic E-state index is 0.0594. The number of pyridine rings is 1. The van der Waals surface area contributed by atoms with Crippen LogP contribution in [0.3, 0.4) is 0 Å². The maximum atomic E-state index is 12.9. The largest absolute Gasteiger partial charge is 0.397 e. The summed E-state index contributed by atoms with van der Waals surface area (Å²) in [6.45, 7) is 5.92. The highest BCUT2D eigenvalue weighted by Crippen LogP contribution is 2.36. The van der Waals surface area contributed by atoms with Gasteiger partial charge in [0.2, 0.25) is 0 Å². The highest BCUT2D eigenvalue weighted by molar-refractivity contribution is 6.24. The Morgan fingerprint density at radius 1 is 1.17 bits per heavy atom. The first-order valence-electron chi connectivity index (χ1n) is 7.94. The van der Waals surface area contributed by atoms with Crippen molar-refractivity contribution in [3.05, 3.63) is 64.0 Å². The number of rotatable bonds is 2. The highest BCUT2D eigenvalue weighted by atomic mass is 16.2. The molecule has 1 aromatic heterocycles. The fraction of sp³-hybridized carbons (Fsp3) is 0.250. The van der Waals surface area contributed by atoms with Crippen molar-refractivity contribution in [2.75, 3.05) is 5.73 Å². The number of anilines is 1. The van der Waals surface area contributed by atoms with E-state index in [4.69, 9.17) is 5.73 Å². The Bertz CT molecular complexity index is 858. The third-order valence-corrected chi connectivity index (χ3v) is 4.47. The fourth-order valence-electron chi connectivity index (χ4n) is 3.48. The standard InChI is InChI=1S/C20H20N2O2/c1-11-7-12(2)18(13(3)8-11)19-17(23)10-14(20(19)24)9-16-15(21)5-4-6-22-16/h4-9,19H,10,21H2,1-3H3. The lowest BCUT2D eigenvalue weighted by molar-refractivity contribution is -0.123. The molecule has 1 saturated carbocycles. The van der Waals surface area contributed by atoms with Crippen LogP contribution in [0, 0.1) is 20.8 Å². The Kier molecular flexibility index (Phi) is 4.06. The maximum Gasteiger partial charge on any atom is 0.174 e. The number of nitrogen functional groups attached to an aromatic ring is 1. The molecule has 122 valence electrons. The number of nitrogens with two attached hydrogens (primary N) is 1. The van der Waals surface area contributed by atoms with E-state index in [1.165, 1.54) is 0 Å². The van der Waals surface area contributed by atoms with Crippen molar-refractivity contribution >= 4 is 23.3 Å². The summed E-state index contributed by atoms with van der Waals surface area (Å²) in [6, 6.07) is 7.50. The number of hydrogen-bond acceptors (Lipinski definition) is 4. The van der Waals surface area contributed by atoms with Crippen LogP contribution in [0.5, 0.6) is 0 Å². The Balaban J connectivity index is 2.04. The first-order chi connectivity index (χ1) is 11.4. The van der Waals surface area contributed by atoms with E-state index in [1.807, 2.05) is 32.9 Å². The van der Waals surface area contributed by atoms with Crippen LogP contribution in [0.25, 0.3) is 6.08 Å². The topological polar surface area (TPSA) is 73.1 Å². The minimum atomic E-state index is -0.707. The van der Waals surface area contributed by atoms with Crippen molar-refractivity contribution in [1.29, 1.82) is 0 Å². The molecule has 0 amide bonds. The lowest BCUT2D eigenvalue weighted by Gasteiger charge is -2.15. The van der Waals surface area contributed by atoms with Crippen LogP contribution < -0.4 is 5.73 Å². The van der Waals surface area contributed by atoms with E-state index >= 15 is 0 Å². The zero-order valence-corrected chi connectivity index (χ0v) is 14.1. The number of aromatic nitrogens is 1. The van der Waals surface area contributed by atoms with Crippen LogP contribution in [-0.2, 0) is 9.59 Å². The maximum absolute atomic E-state index is 12.9. The van der Waals surface area contributed by atoms with E-state index < -0.39 is 5.92 Å². The predicted octanol–water partition coefficient (Wildman–Crippen LogP) is 3.30. The molecule has 24 heavy (non-hydrogen) atoms. The molecule has 3 rings (SSSR count). The molecule has 2 aromatic rings. The van der Waals surface area contributed by atoms with Crippen molar-refractivity contribution in [3.8, 4) is 0 Å². The Labute approximate surface area is 141 Å². The lowest BCUT2D eigenvalue weighted by atomic mass is 9.87. The molecule has 0 saturated heterocycles. The molecule has 1 atom stereocenters. The third-order valence-electron chi connectivity index (χ3n) is 4.47. The summed E-state index contributed by atoms with van der Waals surface area (Å²) < 4.78 is 0. The monoisotopic (exact) mass is 320 g/mol. The zero-order chi connectivity index (χ0) is 17.4. The smallest absolute Gasteiger partial charge is 0.174 e. The quantitative estimate of drug-likeness (QED) is 0.680. The average Bonchev–Trinajstić information content (AvgIpc) is 2.76. The summed E-state index contributed by atoms with van der Waals surface area (Å²) in [7, 11) is 0. The molecule has 0 spiro atoms. The summed E-state index contributed by atoms with van der Waals surface area (Å²) in [4.78, 5) is 29.6. The van der Waals surface area contributed by atoms with Crippen LogP contribution in [0.2, 0.25) is 0 Å². The molecule has 1 aliphatic carbocycles. The van der Waals surface area contributed by atoms with Crippen molar-refractivity contribution in [3.63, 3.8) is 0 Å². The molecule has 1 aromatic carbocycles. The Morgan fingerprint density at radius 2 is 1.83 bits per heavy atom. The first-order valence-corrected chi connectivity index (χ1v) is 7.94. The van der Waals surface area contributed by atoms with E-state index in [9.17, 15) is 9.59 Å². The van der Waals surface area contributed by atoms with E-state index in [-0.39, 0.29) is 18.0 Å². The number of allylic oxidation sites excluding steroid dienone is 1.